The minimum atomic E-state index is -0.0781. The number of fused-ring (bicyclic) bond motifs is 1. The summed E-state index contributed by atoms with van der Waals surface area (Å²) in [4.78, 5) is 31.3. The molecule has 0 unspecified atom stereocenters. The number of aryl methyl sites for hydroxylation is 2. The van der Waals surface area contributed by atoms with Crippen molar-refractivity contribution in [2.24, 2.45) is 7.05 Å². The minimum absolute atomic E-state index is 0.000857. The molecule has 1 saturated heterocycles. The van der Waals surface area contributed by atoms with Gasteiger partial charge in [0.15, 0.2) is 0 Å². The maximum absolute atomic E-state index is 13.1. The fourth-order valence-corrected chi connectivity index (χ4v) is 3.69. The van der Waals surface area contributed by atoms with Gasteiger partial charge in [-0.1, -0.05) is 6.07 Å². The number of ether oxygens (including phenoxy) is 1. The van der Waals surface area contributed by atoms with E-state index >= 15 is 0 Å². The van der Waals surface area contributed by atoms with E-state index in [0.717, 1.165) is 29.9 Å². The molecule has 0 atom stereocenters. The number of nitrogens with zero attached hydrogens (tertiary/aromatic N) is 4. The fourth-order valence-electron chi connectivity index (χ4n) is 3.69. The second kappa shape index (κ2) is 7.14. The second-order valence-electron chi connectivity index (χ2n) is 7.31. The largest absolute Gasteiger partial charge is 0.490 e. The molecule has 0 spiro atoms. The van der Waals surface area contributed by atoms with E-state index in [1.54, 1.807) is 11.6 Å². The van der Waals surface area contributed by atoms with Crippen LogP contribution in [0.25, 0.3) is 5.65 Å². The molecule has 0 radical (unpaired) electrons. The van der Waals surface area contributed by atoms with Gasteiger partial charge in [0.1, 0.15) is 23.2 Å². The molecule has 1 fully saturated rings. The minimum Gasteiger partial charge on any atom is -0.490 e. The van der Waals surface area contributed by atoms with Crippen LogP contribution in [0.3, 0.4) is 0 Å². The number of carbonyl (C=O) groups excluding carboxylic acids is 1. The van der Waals surface area contributed by atoms with Gasteiger partial charge in [0.2, 0.25) is 0 Å². The van der Waals surface area contributed by atoms with Gasteiger partial charge in [-0.25, -0.2) is 4.98 Å². The number of amides is 1. The topological polar surface area (TPSA) is 68.8 Å². The summed E-state index contributed by atoms with van der Waals surface area (Å²) in [5, 5.41) is 0. The van der Waals surface area contributed by atoms with Crippen LogP contribution in [0.1, 0.15) is 34.7 Å². The van der Waals surface area contributed by atoms with Crippen LogP contribution in [0.2, 0.25) is 0 Å². The maximum Gasteiger partial charge on any atom is 0.272 e. The molecule has 3 aromatic rings. The van der Waals surface area contributed by atoms with Crippen LogP contribution in [0.15, 0.2) is 41.3 Å². The monoisotopic (exact) mass is 380 g/mol. The number of rotatable bonds is 3. The molecule has 0 saturated carbocycles. The number of pyridine rings is 2. The Morgan fingerprint density at radius 2 is 1.93 bits per heavy atom. The van der Waals surface area contributed by atoms with E-state index < -0.39 is 0 Å². The van der Waals surface area contributed by atoms with Gasteiger partial charge in [-0.3, -0.25) is 14.0 Å². The van der Waals surface area contributed by atoms with E-state index in [4.69, 9.17) is 4.74 Å². The van der Waals surface area contributed by atoms with E-state index in [1.165, 1.54) is 6.07 Å². The number of imidazole rings is 1. The van der Waals surface area contributed by atoms with Crippen LogP contribution in [0, 0.1) is 13.8 Å². The van der Waals surface area contributed by atoms with Crippen LogP contribution >= 0.6 is 0 Å². The third-order valence-corrected chi connectivity index (χ3v) is 5.42. The summed E-state index contributed by atoms with van der Waals surface area (Å²) < 4.78 is 9.46. The molecule has 0 aromatic carbocycles. The normalized spacial score (nSPS) is 15.2. The molecule has 4 heterocycles. The van der Waals surface area contributed by atoms with E-state index in [2.05, 4.69) is 4.98 Å². The zero-order valence-corrected chi connectivity index (χ0v) is 16.4. The highest BCUT2D eigenvalue weighted by atomic mass is 16.5. The third kappa shape index (κ3) is 3.28. The molecule has 1 amide bonds. The first kappa shape index (κ1) is 18.3. The van der Waals surface area contributed by atoms with Gasteiger partial charge in [0, 0.05) is 50.9 Å². The fraction of sp³-hybridized carbons (Fsp3) is 0.381. The zero-order valence-electron chi connectivity index (χ0n) is 16.4. The lowest BCUT2D eigenvalue weighted by atomic mass is 10.1. The third-order valence-electron chi connectivity index (χ3n) is 5.42. The Balaban J connectivity index is 1.45. The Morgan fingerprint density at radius 3 is 2.64 bits per heavy atom. The summed E-state index contributed by atoms with van der Waals surface area (Å²) in [6.07, 6.45) is 3.33. The lowest BCUT2D eigenvalue weighted by molar-refractivity contribution is 0.0588. The van der Waals surface area contributed by atoms with Crippen molar-refractivity contribution in [2.45, 2.75) is 32.8 Å². The molecule has 1 aliphatic heterocycles. The van der Waals surface area contributed by atoms with Crippen molar-refractivity contribution in [1.29, 1.82) is 0 Å². The molecule has 0 bridgehead atoms. The summed E-state index contributed by atoms with van der Waals surface area (Å²) in [5.41, 5.74) is 2.92. The number of carbonyl (C=O) groups is 1. The van der Waals surface area contributed by atoms with Crippen LogP contribution in [-0.4, -0.2) is 44.0 Å². The first-order chi connectivity index (χ1) is 13.4. The SMILES string of the molecule is Cc1nc2ccccn2c1C(=O)N1CCC(Oc2cc(C)n(C)c(=O)c2)CC1. The van der Waals surface area contributed by atoms with E-state index in [1.807, 2.05) is 53.6 Å². The summed E-state index contributed by atoms with van der Waals surface area (Å²) in [6, 6.07) is 9.11. The van der Waals surface area contributed by atoms with Crippen LogP contribution in [0.4, 0.5) is 0 Å². The average Bonchev–Trinajstić information content (AvgIpc) is 3.02. The highest BCUT2D eigenvalue weighted by molar-refractivity contribution is 5.94. The van der Waals surface area contributed by atoms with Crippen LogP contribution < -0.4 is 10.3 Å². The molecular weight excluding hydrogens is 356 g/mol. The molecule has 146 valence electrons. The summed E-state index contributed by atoms with van der Waals surface area (Å²) in [5.74, 6) is 0.599. The highest BCUT2D eigenvalue weighted by Gasteiger charge is 2.28. The Hall–Kier alpha value is -3.09. The quantitative estimate of drug-likeness (QED) is 0.699. The van der Waals surface area contributed by atoms with Gasteiger partial charge in [-0.15, -0.1) is 0 Å². The number of aromatic nitrogens is 3. The highest BCUT2D eigenvalue weighted by Crippen LogP contribution is 2.21. The van der Waals surface area contributed by atoms with Crippen molar-refractivity contribution in [2.75, 3.05) is 13.1 Å². The van der Waals surface area contributed by atoms with E-state index in [0.29, 0.717) is 24.5 Å². The van der Waals surface area contributed by atoms with Gasteiger partial charge in [-0.05, 0) is 32.0 Å². The van der Waals surface area contributed by atoms with Crippen molar-refractivity contribution in [3.8, 4) is 5.75 Å². The van der Waals surface area contributed by atoms with Gasteiger partial charge in [-0.2, -0.15) is 0 Å². The Bertz CT molecular complexity index is 1090. The molecule has 0 aliphatic carbocycles. The predicted octanol–water partition coefficient (Wildman–Crippen LogP) is 2.33. The lowest BCUT2D eigenvalue weighted by Gasteiger charge is -2.32. The zero-order chi connectivity index (χ0) is 19.8. The molecule has 7 nitrogen and oxygen atoms in total. The Morgan fingerprint density at radius 1 is 1.18 bits per heavy atom. The molecule has 3 aromatic heterocycles. The number of piperidine rings is 1. The van der Waals surface area contributed by atoms with Gasteiger partial charge in [0.05, 0.1) is 5.69 Å². The molecule has 28 heavy (non-hydrogen) atoms. The molecular formula is C21H24N4O3. The summed E-state index contributed by atoms with van der Waals surface area (Å²) in [7, 11) is 1.74. The lowest BCUT2D eigenvalue weighted by Crippen LogP contribution is -2.42. The van der Waals surface area contributed by atoms with Crippen LogP contribution in [-0.2, 0) is 7.05 Å². The van der Waals surface area contributed by atoms with Crippen molar-refractivity contribution >= 4 is 11.6 Å². The van der Waals surface area contributed by atoms with Gasteiger partial charge >= 0.3 is 0 Å². The molecule has 0 N–H and O–H groups in total. The summed E-state index contributed by atoms with van der Waals surface area (Å²) >= 11 is 0. The van der Waals surface area contributed by atoms with E-state index in [9.17, 15) is 9.59 Å². The van der Waals surface area contributed by atoms with Crippen molar-refractivity contribution < 1.29 is 9.53 Å². The van der Waals surface area contributed by atoms with Crippen molar-refractivity contribution in [1.82, 2.24) is 18.9 Å². The number of hydrogen-bond acceptors (Lipinski definition) is 4. The standard InChI is InChI=1S/C21H24N4O3/c1-14-12-17(13-19(26)23(14)3)28-16-7-10-24(11-8-16)21(27)20-15(2)22-18-6-4-5-9-25(18)20/h4-6,9,12-13,16H,7-8,10-11H2,1-3H3. The number of likely N-dealkylation sites (tertiary alicyclic amines) is 1. The first-order valence-corrected chi connectivity index (χ1v) is 9.51. The Kier molecular flexibility index (Phi) is 4.66. The second-order valence-corrected chi connectivity index (χ2v) is 7.31. The number of hydrogen-bond donors (Lipinski definition) is 0. The smallest absolute Gasteiger partial charge is 0.272 e. The average molecular weight is 380 g/mol. The maximum atomic E-state index is 13.1. The Labute approximate surface area is 163 Å². The molecule has 1 aliphatic rings. The van der Waals surface area contributed by atoms with E-state index in [-0.39, 0.29) is 17.6 Å². The molecule has 4 rings (SSSR count). The predicted molar refractivity (Wildman–Crippen MR) is 106 cm³/mol. The molecule has 7 heteroatoms. The van der Waals surface area contributed by atoms with Gasteiger partial charge in [0.25, 0.3) is 11.5 Å². The first-order valence-electron chi connectivity index (χ1n) is 9.51. The van der Waals surface area contributed by atoms with Crippen molar-refractivity contribution in [3.63, 3.8) is 0 Å². The summed E-state index contributed by atoms with van der Waals surface area (Å²) in [6.45, 7) is 4.99. The van der Waals surface area contributed by atoms with Gasteiger partial charge < -0.3 is 14.2 Å². The van der Waals surface area contributed by atoms with Crippen LogP contribution in [0.5, 0.6) is 5.75 Å². The van der Waals surface area contributed by atoms with Crippen molar-refractivity contribution in [3.05, 3.63) is 64.0 Å².